The van der Waals surface area contributed by atoms with Crippen LogP contribution in [0.5, 0.6) is 5.88 Å². The molecule has 0 aliphatic heterocycles. The third kappa shape index (κ3) is 5.88. The van der Waals surface area contributed by atoms with Gasteiger partial charge in [-0.1, -0.05) is 13.8 Å². The molecule has 1 rings (SSSR count). The Bertz CT molecular complexity index is 416. The fraction of sp³-hybridized carbons (Fsp3) is 0.688. The Kier molecular flexibility index (Phi) is 6.96. The van der Waals surface area contributed by atoms with Gasteiger partial charge in [0, 0.05) is 30.4 Å². The average Bonchev–Trinajstić information content (AvgIpc) is 2.32. The minimum absolute atomic E-state index is 0.456. The molecule has 0 saturated carbocycles. The van der Waals surface area contributed by atoms with Crippen LogP contribution in [0.1, 0.15) is 37.1 Å². The molecule has 1 aromatic rings. The van der Waals surface area contributed by atoms with Crippen LogP contribution in [0.25, 0.3) is 0 Å². The summed E-state index contributed by atoms with van der Waals surface area (Å²) in [6, 6.07) is 2.57. The van der Waals surface area contributed by atoms with E-state index in [0.717, 1.165) is 31.1 Å². The molecular formula is C16H29N3O. The largest absolute Gasteiger partial charge is 0.477 e. The molecule has 1 heterocycles. The van der Waals surface area contributed by atoms with Crippen LogP contribution >= 0.6 is 0 Å². The molecule has 4 nitrogen and oxygen atoms in total. The fourth-order valence-corrected chi connectivity index (χ4v) is 2.02. The number of ether oxygens (including phenoxy) is 1. The first-order valence-corrected chi connectivity index (χ1v) is 7.38. The molecule has 0 saturated heterocycles. The molecule has 0 aliphatic rings. The fourth-order valence-electron chi connectivity index (χ4n) is 2.02. The predicted molar refractivity (Wildman–Crippen MR) is 84.4 cm³/mol. The summed E-state index contributed by atoms with van der Waals surface area (Å²) in [5.74, 6) is 0.786. The van der Waals surface area contributed by atoms with E-state index in [1.807, 2.05) is 6.92 Å². The minimum atomic E-state index is 0.456. The number of pyridine rings is 1. The number of hydrogen-bond donors (Lipinski definition) is 1. The van der Waals surface area contributed by atoms with Gasteiger partial charge in [0.2, 0.25) is 5.88 Å². The SMILES string of the molecule is Cc1cc(C)c(CNC(C)C)c(OCCCN(C)C)n1. The number of hydrogen-bond acceptors (Lipinski definition) is 4. The van der Waals surface area contributed by atoms with Crippen molar-refractivity contribution in [3.8, 4) is 5.88 Å². The van der Waals surface area contributed by atoms with E-state index < -0.39 is 0 Å². The minimum Gasteiger partial charge on any atom is -0.477 e. The summed E-state index contributed by atoms with van der Waals surface area (Å²) in [7, 11) is 4.15. The van der Waals surface area contributed by atoms with Crippen LogP contribution in [-0.4, -0.2) is 43.2 Å². The van der Waals surface area contributed by atoms with Crippen molar-refractivity contribution < 1.29 is 4.74 Å². The van der Waals surface area contributed by atoms with Gasteiger partial charge in [-0.25, -0.2) is 4.98 Å². The van der Waals surface area contributed by atoms with Gasteiger partial charge in [-0.2, -0.15) is 0 Å². The predicted octanol–water partition coefficient (Wildman–Crippen LogP) is 2.53. The molecule has 0 amide bonds. The zero-order valence-corrected chi connectivity index (χ0v) is 13.8. The second-order valence-electron chi connectivity index (χ2n) is 5.91. The monoisotopic (exact) mass is 279 g/mol. The molecular weight excluding hydrogens is 250 g/mol. The highest BCUT2D eigenvalue weighted by Crippen LogP contribution is 2.21. The van der Waals surface area contributed by atoms with Gasteiger partial charge >= 0.3 is 0 Å². The lowest BCUT2D eigenvalue weighted by Gasteiger charge is -2.16. The van der Waals surface area contributed by atoms with Crippen molar-refractivity contribution >= 4 is 0 Å². The first-order valence-electron chi connectivity index (χ1n) is 7.38. The molecule has 0 unspecified atom stereocenters. The summed E-state index contributed by atoms with van der Waals surface area (Å²) < 4.78 is 5.90. The molecule has 0 spiro atoms. The van der Waals surface area contributed by atoms with Crippen molar-refractivity contribution in [2.45, 2.75) is 46.7 Å². The lowest BCUT2D eigenvalue weighted by Crippen LogP contribution is -2.23. The Morgan fingerprint density at radius 3 is 2.60 bits per heavy atom. The topological polar surface area (TPSA) is 37.4 Å². The highest BCUT2D eigenvalue weighted by atomic mass is 16.5. The number of aryl methyl sites for hydroxylation is 2. The van der Waals surface area contributed by atoms with E-state index in [2.05, 4.69) is 56.1 Å². The van der Waals surface area contributed by atoms with E-state index >= 15 is 0 Å². The lowest BCUT2D eigenvalue weighted by molar-refractivity contribution is 0.269. The zero-order valence-electron chi connectivity index (χ0n) is 13.8. The molecule has 0 aliphatic carbocycles. The number of nitrogens with one attached hydrogen (secondary N) is 1. The van der Waals surface area contributed by atoms with Gasteiger partial charge < -0.3 is 15.0 Å². The van der Waals surface area contributed by atoms with Crippen LogP contribution in [0, 0.1) is 13.8 Å². The normalized spacial score (nSPS) is 11.4. The van der Waals surface area contributed by atoms with Crippen molar-refractivity contribution in [1.29, 1.82) is 0 Å². The number of nitrogens with zero attached hydrogens (tertiary/aromatic N) is 2. The molecule has 1 aromatic heterocycles. The first kappa shape index (κ1) is 16.9. The summed E-state index contributed by atoms with van der Waals surface area (Å²) in [4.78, 5) is 6.72. The van der Waals surface area contributed by atoms with Crippen molar-refractivity contribution in [3.05, 3.63) is 22.9 Å². The van der Waals surface area contributed by atoms with Gasteiger partial charge in [-0.3, -0.25) is 0 Å². The van der Waals surface area contributed by atoms with Crippen LogP contribution < -0.4 is 10.1 Å². The van der Waals surface area contributed by atoms with Crippen LogP contribution in [0.2, 0.25) is 0 Å². The van der Waals surface area contributed by atoms with Gasteiger partial charge in [0.15, 0.2) is 0 Å². The van der Waals surface area contributed by atoms with Gasteiger partial charge in [-0.15, -0.1) is 0 Å². The molecule has 0 bridgehead atoms. The van der Waals surface area contributed by atoms with E-state index in [4.69, 9.17) is 4.74 Å². The lowest BCUT2D eigenvalue weighted by atomic mass is 10.1. The average molecular weight is 279 g/mol. The van der Waals surface area contributed by atoms with E-state index in [-0.39, 0.29) is 0 Å². The van der Waals surface area contributed by atoms with Crippen molar-refractivity contribution in [1.82, 2.24) is 15.2 Å². The summed E-state index contributed by atoms with van der Waals surface area (Å²) in [6.07, 6.45) is 1.01. The maximum atomic E-state index is 5.90. The quantitative estimate of drug-likeness (QED) is 0.742. The zero-order chi connectivity index (χ0) is 15.1. The van der Waals surface area contributed by atoms with Crippen LogP contribution in [-0.2, 0) is 6.54 Å². The van der Waals surface area contributed by atoms with E-state index in [1.54, 1.807) is 0 Å². The molecule has 4 heteroatoms. The molecule has 0 fully saturated rings. The standard InChI is InChI=1S/C16H29N3O/c1-12(2)17-11-15-13(3)10-14(4)18-16(15)20-9-7-8-19(5)6/h10,12,17H,7-9,11H2,1-6H3. The Balaban J connectivity index is 2.70. The molecule has 20 heavy (non-hydrogen) atoms. The van der Waals surface area contributed by atoms with Crippen LogP contribution in [0.4, 0.5) is 0 Å². The summed E-state index contributed by atoms with van der Waals surface area (Å²) >= 11 is 0. The van der Waals surface area contributed by atoms with Crippen LogP contribution in [0.15, 0.2) is 6.07 Å². The summed E-state index contributed by atoms with van der Waals surface area (Å²) in [5.41, 5.74) is 3.43. The smallest absolute Gasteiger partial charge is 0.218 e. The second kappa shape index (κ2) is 8.22. The highest BCUT2D eigenvalue weighted by molar-refractivity contribution is 5.35. The molecule has 114 valence electrons. The summed E-state index contributed by atoms with van der Waals surface area (Å²) in [5, 5.41) is 3.44. The van der Waals surface area contributed by atoms with E-state index in [1.165, 1.54) is 11.1 Å². The maximum absolute atomic E-state index is 5.90. The highest BCUT2D eigenvalue weighted by Gasteiger charge is 2.10. The van der Waals surface area contributed by atoms with Crippen molar-refractivity contribution in [2.24, 2.45) is 0 Å². The first-order chi connectivity index (χ1) is 9.40. The van der Waals surface area contributed by atoms with E-state index in [9.17, 15) is 0 Å². The molecule has 0 aromatic carbocycles. The van der Waals surface area contributed by atoms with E-state index in [0.29, 0.717) is 12.6 Å². The number of rotatable bonds is 8. The van der Waals surface area contributed by atoms with Gasteiger partial charge in [0.1, 0.15) is 0 Å². The Labute approximate surface area is 123 Å². The Morgan fingerprint density at radius 1 is 1.30 bits per heavy atom. The van der Waals surface area contributed by atoms with Gasteiger partial charge in [-0.05, 0) is 46.0 Å². The maximum Gasteiger partial charge on any atom is 0.218 e. The third-order valence-corrected chi connectivity index (χ3v) is 3.11. The Hall–Kier alpha value is -1.13. The summed E-state index contributed by atoms with van der Waals surface area (Å²) in [6.45, 7) is 11.0. The Morgan fingerprint density at radius 2 is 2.00 bits per heavy atom. The molecule has 0 atom stereocenters. The van der Waals surface area contributed by atoms with Crippen molar-refractivity contribution in [2.75, 3.05) is 27.2 Å². The molecule has 0 radical (unpaired) electrons. The van der Waals surface area contributed by atoms with Gasteiger partial charge in [0.05, 0.1) is 6.61 Å². The molecule has 1 N–H and O–H groups in total. The van der Waals surface area contributed by atoms with Crippen molar-refractivity contribution in [3.63, 3.8) is 0 Å². The second-order valence-corrected chi connectivity index (χ2v) is 5.91. The van der Waals surface area contributed by atoms with Crippen LogP contribution in [0.3, 0.4) is 0 Å². The van der Waals surface area contributed by atoms with Gasteiger partial charge in [0.25, 0.3) is 0 Å². The third-order valence-electron chi connectivity index (χ3n) is 3.11. The number of aromatic nitrogens is 1.